The number of carbonyl (C=O) groups excluding carboxylic acids is 1. The second-order valence-corrected chi connectivity index (χ2v) is 11.9. The molecule has 2 aliphatic rings. The van der Waals surface area contributed by atoms with Crippen LogP contribution in [0.25, 0.3) is 0 Å². The molecule has 0 spiro atoms. The Morgan fingerprint density at radius 3 is 2.12 bits per heavy atom. The number of amides is 1. The molecular weight excluding hydrogens is 422 g/mol. The molecule has 0 atom stereocenters. The zero-order chi connectivity index (χ0) is 23.3. The van der Waals surface area contributed by atoms with E-state index in [4.69, 9.17) is 0 Å². The maximum absolute atomic E-state index is 13.0. The maximum Gasteiger partial charge on any atom is 0.243 e. The molecule has 0 radical (unpaired) electrons. The van der Waals surface area contributed by atoms with Crippen molar-refractivity contribution >= 4 is 15.9 Å². The van der Waals surface area contributed by atoms with Crippen LogP contribution in [-0.4, -0.2) is 74.7 Å². The van der Waals surface area contributed by atoms with Gasteiger partial charge in [-0.1, -0.05) is 45.2 Å². The summed E-state index contributed by atoms with van der Waals surface area (Å²) in [7, 11) is 0.551. The third-order valence-electron chi connectivity index (χ3n) is 7.35. The zero-order valence-electron chi connectivity index (χ0n) is 20.3. The van der Waals surface area contributed by atoms with Gasteiger partial charge in [0, 0.05) is 45.2 Å². The van der Waals surface area contributed by atoms with Gasteiger partial charge in [-0.15, -0.1) is 0 Å². The molecule has 3 rings (SSSR count). The smallest absolute Gasteiger partial charge is 0.243 e. The molecule has 1 saturated heterocycles. The summed E-state index contributed by atoms with van der Waals surface area (Å²) in [5, 5.41) is 0. The van der Waals surface area contributed by atoms with E-state index >= 15 is 0 Å². The predicted molar refractivity (Wildman–Crippen MR) is 129 cm³/mol. The Labute approximate surface area is 195 Å². The van der Waals surface area contributed by atoms with Gasteiger partial charge in [0.05, 0.1) is 4.90 Å². The van der Waals surface area contributed by atoms with Crippen LogP contribution in [-0.2, 0) is 14.8 Å². The molecule has 0 unspecified atom stereocenters. The molecule has 180 valence electrons. The van der Waals surface area contributed by atoms with Gasteiger partial charge in [0.25, 0.3) is 0 Å². The van der Waals surface area contributed by atoms with Gasteiger partial charge in [-0.2, -0.15) is 4.31 Å². The Kier molecular flexibility index (Phi) is 8.75. The molecule has 2 fully saturated rings. The minimum atomic E-state index is -3.51. The highest BCUT2D eigenvalue weighted by atomic mass is 32.2. The van der Waals surface area contributed by atoms with Crippen molar-refractivity contribution in [3.05, 3.63) is 29.8 Å². The van der Waals surface area contributed by atoms with E-state index in [0.717, 1.165) is 18.7 Å². The molecule has 1 amide bonds. The number of benzene rings is 1. The lowest BCUT2D eigenvalue weighted by atomic mass is 9.94. The number of likely N-dealkylation sites (N-methyl/N-ethyl adjacent to an activating group) is 2. The first kappa shape index (κ1) is 25.2. The minimum Gasteiger partial charge on any atom is -0.344 e. The second-order valence-electron chi connectivity index (χ2n) is 9.93. The molecule has 0 N–H and O–H groups in total. The largest absolute Gasteiger partial charge is 0.344 e. The number of piperidine rings is 1. The van der Waals surface area contributed by atoms with Crippen LogP contribution in [0, 0.1) is 5.92 Å². The Bertz CT molecular complexity index is 840. The average molecular weight is 464 g/mol. The van der Waals surface area contributed by atoms with Crippen LogP contribution in [0.2, 0.25) is 0 Å². The molecule has 6 nitrogen and oxygen atoms in total. The standard InChI is InChI=1S/C25H41N3O3S/c1-20(2)21-10-12-24(13-11-21)32(30,31)28-16-14-22(15-17-28)25(29)27(4)19-18-26(3)23-8-6-5-7-9-23/h10-13,20,22-23H,5-9,14-19H2,1-4H3. The average Bonchev–Trinajstić information content (AvgIpc) is 2.82. The topological polar surface area (TPSA) is 60.9 Å². The van der Waals surface area contributed by atoms with Crippen LogP contribution in [0.1, 0.15) is 70.3 Å². The second kappa shape index (κ2) is 11.1. The van der Waals surface area contributed by atoms with Crippen molar-refractivity contribution in [2.75, 3.05) is 40.3 Å². The molecule has 1 saturated carbocycles. The molecule has 1 aliphatic carbocycles. The van der Waals surface area contributed by atoms with E-state index in [1.54, 1.807) is 12.1 Å². The van der Waals surface area contributed by atoms with E-state index in [1.807, 2.05) is 24.1 Å². The van der Waals surface area contributed by atoms with Crippen LogP contribution in [0.4, 0.5) is 0 Å². The van der Waals surface area contributed by atoms with E-state index in [-0.39, 0.29) is 11.8 Å². The van der Waals surface area contributed by atoms with Crippen LogP contribution in [0.5, 0.6) is 0 Å². The fourth-order valence-electron chi connectivity index (χ4n) is 4.95. The molecule has 1 aromatic rings. The highest BCUT2D eigenvalue weighted by molar-refractivity contribution is 7.89. The lowest BCUT2D eigenvalue weighted by molar-refractivity contribution is -0.135. The van der Waals surface area contributed by atoms with Gasteiger partial charge >= 0.3 is 0 Å². The van der Waals surface area contributed by atoms with Gasteiger partial charge in [0.1, 0.15) is 0 Å². The van der Waals surface area contributed by atoms with Crippen molar-refractivity contribution in [1.29, 1.82) is 0 Å². The van der Waals surface area contributed by atoms with E-state index in [2.05, 4.69) is 25.8 Å². The molecule has 0 aromatic heterocycles. The van der Waals surface area contributed by atoms with Crippen molar-refractivity contribution in [3.63, 3.8) is 0 Å². The van der Waals surface area contributed by atoms with Crippen molar-refractivity contribution in [2.45, 2.75) is 75.6 Å². The molecular formula is C25H41N3O3S. The van der Waals surface area contributed by atoms with E-state index in [0.29, 0.717) is 42.8 Å². The first-order valence-corrected chi connectivity index (χ1v) is 13.7. The van der Waals surface area contributed by atoms with Gasteiger partial charge in [-0.05, 0) is 56.3 Å². The predicted octanol–water partition coefficient (Wildman–Crippen LogP) is 3.93. The highest BCUT2D eigenvalue weighted by Gasteiger charge is 2.33. The van der Waals surface area contributed by atoms with Gasteiger partial charge in [-0.25, -0.2) is 8.42 Å². The Morgan fingerprint density at radius 2 is 1.56 bits per heavy atom. The van der Waals surface area contributed by atoms with Gasteiger partial charge in [0.15, 0.2) is 0 Å². The van der Waals surface area contributed by atoms with E-state index in [9.17, 15) is 13.2 Å². The summed E-state index contributed by atoms with van der Waals surface area (Å²) in [6.45, 7) is 6.62. The molecule has 32 heavy (non-hydrogen) atoms. The molecule has 1 aliphatic heterocycles. The van der Waals surface area contributed by atoms with Gasteiger partial charge in [0.2, 0.25) is 15.9 Å². The van der Waals surface area contributed by atoms with Crippen LogP contribution >= 0.6 is 0 Å². The SMILES string of the molecule is CC(C)c1ccc(S(=O)(=O)N2CCC(C(=O)N(C)CCN(C)C3CCCCC3)CC2)cc1. The third kappa shape index (κ3) is 6.12. The van der Waals surface area contributed by atoms with Crippen molar-refractivity contribution < 1.29 is 13.2 Å². The van der Waals surface area contributed by atoms with Gasteiger partial charge < -0.3 is 9.80 Å². The number of nitrogens with zero attached hydrogens (tertiary/aromatic N) is 3. The summed E-state index contributed by atoms with van der Waals surface area (Å²) in [5.74, 6) is 0.433. The van der Waals surface area contributed by atoms with Crippen LogP contribution in [0.3, 0.4) is 0 Å². The molecule has 7 heteroatoms. The first-order chi connectivity index (χ1) is 15.2. The fraction of sp³-hybridized carbons (Fsp3) is 0.720. The van der Waals surface area contributed by atoms with Crippen LogP contribution < -0.4 is 0 Å². The summed E-state index contributed by atoms with van der Waals surface area (Å²) in [4.78, 5) is 17.5. The van der Waals surface area contributed by atoms with Gasteiger partial charge in [-0.3, -0.25) is 4.79 Å². The van der Waals surface area contributed by atoms with Crippen molar-refractivity contribution in [1.82, 2.24) is 14.1 Å². The Hall–Kier alpha value is -1.44. The number of hydrogen-bond acceptors (Lipinski definition) is 4. The first-order valence-electron chi connectivity index (χ1n) is 12.3. The quantitative estimate of drug-likeness (QED) is 0.586. The summed E-state index contributed by atoms with van der Waals surface area (Å²) in [6, 6.07) is 7.85. The Balaban J connectivity index is 1.49. The summed E-state index contributed by atoms with van der Waals surface area (Å²) >= 11 is 0. The summed E-state index contributed by atoms with van der Waals surface area (Å²) in [5.41, 5.74) is 1.13. The highest BCUT2D eigenvalue weighted by Crippen LogP contribution is 2.26. The monoisotopic (exact) mass is 463 g/mol. The maximum atomic E-state index is 13.0. The normalized spacial score (nSPS) is 19.6. The fourth-order valence-corrected chi connectivity index (χ4v) is 6.42. The summed E-state index contributed by atoms with van der Waals surface area (Å²) in [6.07, 6.45) is 7.68. The number of sulfonamides is 1. The lowest BCUT2D eigenvalue weighted by Gasteiger charge is -2.34. The van der Waals surface area contributed by atoms with Crippen LogP contribution in [0.15, 0.2) is 29.2 Å². The number of carbonyl (C=O) groups is 1. The minimum absolute atomic E-state index is 0.0882. The third-order valence-corrected chi connectivity index (χ3v) is 9.26. The Morgan fingerprint density at radius 1 is 0.969 bits per heavy atom. The van der Waals surface area contributed by atoms with Crippen molar-refractivity contribution in [3.8, 4) is 0 Å². The lowest BCUT2D eigenvalue weighted by Crippen LogP contribution is -2.45. The molecule has 1 aromatic carbocycles. The zero-order valence-corrected chi connectivity index (χ0v) is 21.1. The van der Waals surface area contributed by atoms with Crippen molar-refractivity contribution in [2.24, 2.45) is 5.92 Å². The summed E-state index contributed by atoms with van der Waals surface area (Å²) < 4.78 is 27.6. The number of hydrogen-bond donors (Lipinski definition) is 0. The number of rotatable bonds is 8. The van der Waals surface area contributed by atoms with E-state index < -0.39 is 10.0 Å². The van der Waals surface area contributed by atoms with E-state index in [1.165, 1.54) is 36.4 Å². The molecule has 1 heterocycles. The molecule has 0 bridgehead atoms.